The lowest BCUT2D eigenvalue weighted by Crippen LogP contribution is -2.36. The summed E-state index contributed by atoms with van der Waals surface area (Å²) in [6.45, 7) is 1.62. The summed E-state index contributed by atoms with van der Waals surface area (Å²) in [6.07, 6.45) is 6.15. The maximum absolute atomic E-state index is 12.0. The fourth-order valence-corrected chi connectivity index (χ4v) is 1.77. The fourth-order valence-electron chi connectivity index (χ4n) is 1.77. The topological polar surface area (TPSA) is 72.1 Å². The molecule has 2 heterocycles. The highest BCUT2D eigenvalue weighted by molar-refractivity contribution is 5.96. The first-order valence-electron chi connectivity index (χ1n) is 5.14. The van der Waals surface area contributed by atoms with Crippen LogP contribution in [-0.4, -0.2) is 33.9 Å². The van der Waals surface area contributed by atoms with E-state index >= 15 is 0 Å². The highest BCUT2D eigenvalue weighted by atomic mass is 16.2. The predicted molar refractivity (Wildman–Crippen MR) is 56.2 cm³/mol. The van der Waals surface area contributed by atoms with E-state index in [-0.39, 0.29) is 5.91 Å². The zero-order chi connectivity index (χ0) is 10.7. The van der Waals surface area contributed by atoms with Crippen molar-refractivity contribution in [3.05, 3.63) is 18.2 Å². The Bertz CT molecular complexity index is 360. The SMILES string of the molecule is Nc1cncnc1C(=O)N1CCCCC1. The van der Waals surface area contributed by atoms with Crippen molar-refractivity contribution in [1.82, 2.24) is 14.9 Å². The number of likely N-dealkylation sites (tertiary alicyclic amines) is 1. The molecule has 1 aliphatic rings. The van der Waals surface area contributed by atoms with Gasteiger partial charge in [-0.3, -0.25) is 4.79 Å². The summed E-state index contributed by atoms with van der Waals surface area (Å²) in [7, 11) is 0. The van der Waals surface area contributed by atoms with Crippen LogP contribution in [-0.2, 0) is 0 Å². The molecule has 0 atom stereocenters. The van der Waals surface area contributed by atoms with E-state index in [1.807, 2.05) is 4.90 Å². The molecule has 0 unspecified atom stereocenters. The standard InChI is InChI=1S/C10H14N4O/c11-8-6-12-7-13-9(8)10(15)14-4-2-1-3-5-14/h6-7H,1-5,11H2. The summed E-state index contributed by atoms with van der Waals surface area (Å²) >= 11 is 0. The summed E-state index contributed by atoms with van der Waals surface area (Å²) < 4.78 is 0. The summed E-state index contributed by atoms with van der Waals surface area (Å²) in [5, 5.41) is 0. The Morgan fingerprint density at radius 2 is 2.07 bits per heavy atom. The predicted octanol–water partition coefficient (Wildman–Crippen LogP) is 0.685. The van der Waals surface area contributed by atoms with Crippen LogP contribution in [0.3, 0.4) is 0 Å². The molecule has 80 valence electrons. The lowest BCUT2D eigenvalue weighted by Gasteiger charge is -2.26. The van der Waals surface area contributed by atoms with Crippen LogP contribution < -0.4 is 5.73 Å². The lowest BCUT2D eigenvalue weighted by molar-refractivity contribution is 0.0719. The molecule has 0 spiro atoms. The van der Waals surface area contributed by atoms with Gasteiger partial charge in [-0.05, 0) is 19.3 Å². The van der Waals surface area contributed by atoms with E-state index in [9.17, 15) is 4.79 Å². The summed E-state index contributed by atoms with van der Waals surface area (Å²) in [6, 6.07) is 0. The Hall–Kier alpha value is -1.65. The summed E-state index contributed by atoms with van der Waals surface area (Å²) in [5.41, 5.74) is 6.34. The molecule has 1 aromatic rings. The number of anilines is 1. The number of nitrogen functional groups attached to an aromatic ring is 1. The summed E-state index contributed by atoms with van der Waals surface area (Å²) in [4.78, 5) is 21.5. The van der Waals surface area contributed by atoms with Gasteiger partial charge >= 0.3 is 0 Å². The zero-order valence-corrected chi connectivity index (χ0v) is 8.52. The lowest BCUT2D eigenvalue weighted by atomic mass is 10.1. The minimum atomic E-state index is -0.0744. The number of nitrogens with two attached hydrogens (primary N) is 1. The van der Waals surface area contributed by atoms with Crippen molar-refractivity contribution < 1.29 is 4.79 Å². The molecule has 0 radical (unpaired) electrons. The quantitative estimate of drug-likeness (QED) is 0.733. The molecule has 1 amide bonds. The first kappa shape index (κ1) is 9.89. The number of amides is 1. The molecule has 0 aliphatic carbocycles. The Labute approximate surface area is 88.3 Å². The highest BCUT2D eigenvalue weighted by Crippen LogP contribution is 2.14. The number of carbonyl (C=O) groups is 1. The van der Waals surface area contributed by atoms with Crippen molar-refractivity contribution in [3.8, 4) is 0 Å². The van der Waals surface area contributed by atoms with Crippen molar-refractivity contribution in [3.63, 3.8) is 0 Å². The van der Waals surface area contributed by atoms with Gasteiger partial charge in [0.1, 0.15) is 6.33 Å². The maximum atomic E-state index is 12.0. The third-order valence-electron chi connectivity index (χ3n) is 2.59. The van der Waals surface area contributed by atoms with Gasteiger partial charge in [0, 0.05) is 13.1 Å². The molecule has 1 fully saturated rings. The number of hydrogen-bond donors (Lipinski definition) is 1. The molecule has 0 saturated carbocycles. The third-order valence-corrected chi connectivity index (χ3v) is 2.59. The van der Waals surface area contributed by atoms with Crippen molar-refractivity contribution >= 4 is 11.6 Å². The second-order valence-electron chi connectivity index (χ2n) is 3.68. The van der Waals surface area contributed by atoms with Gasteiger partial charge in [0.05, 0.1) is 11.9 Å². The molecule has 1 saturated heterocycles. The van der Waals surface area contributed by atoms with Gasteiger partial charge in [-0.15, -0.1) is 0 Å². The second-order valence-corrected chi connectivity index (χ2v) is 3.68. The van der Waals surface area contributed by atoms with E-state index in [2.05, 4.69) is 9.97 Å². The average Bonchev–Trinajstić information content (AvgIpc) is 2.30. The van der Waals surface area contributed by atoms with Gasteiger partial charge in [0.2, 0.25) is 0 Å². The molecule has 0 aromatic carbocycles. The van der Waals surface area contributed by atoms with Crippen LogP contribution in [0.4, 0.5) is 5.69 Å². The monoisotopic (exact) mass is 206 g/mol. The normalized spacial score (nSPS) is 16.4. The smallest absolute Gasteiger partial charge is 0.274 e. The molecular formula is C10H14N4O. The van der Waals surface area contributed by atoms with Crippen molar-refractivity contribution in [1.29, 1.82) is 0 Å². The van der Waals surface area contributed by atoms with Gasteiger partial charge in [-0.2, -0.15) is 0 Å². The van der Waals surface area contributed by atoms with E-state index in [0.29, 0.717) is 11.4 Å². The van der Waals surface area contributed by atoms with E-state index in [0.717, 1.165) is 25.9 Å². The molecular weight excluding hydrogens is 192 g/mol. The van der Waals surface area contributed by atoms with Crippen LogP contribution >= 0.6 is 0 Å². The van der Waals surface area contributed by atoms with Crippen LogP contribution in [0, 0.1) is 0 Å². The largest absolute Gasteiger partial charge is 0.396 e. The van der Waals surface area contributed by atoms with Crippen LogP contribution in [0.1, 0.15) is 29.8 Å². The Morgan fingerprint density at radius 1 is 1.33 bits per heavy atom. The van der Waals surface area contributed by atoms with Crippen LogP contribution in [0.2, 0.25) is 0 Å². The van der Waals surface area contributed by atoms with E-state index in [1.165, 1.54) is 18.9 Å². The Balaban J connectivity index is 2.16. The van der Waals surface area contributed by atoms with Crippen molar-refractivity contribution in [2.45, 2.75) is 19.3 Å². The molecule has 5 heteroatoms. The van der Waals surface area contributed by atoms with E-state index in [1.54, 1.807) is 0 Å². The average molecular weight is 206 g/mol. The van der Waals surface area contributed by atoms with Crippen LogP contribution in [0.5, 0.6) is 0 Å². The number of aromatic nitrogens is 2. The number of rotatable bonds is 1. The van der Waals surface area contributed by atoms with Gasteiger partial charge in [-0.1, -0.05) is 0 Å². The summed E-state index contributed by atoms with van der Waals surface area (Å²) in [5.74, 6) is -0.0744. The molecule has 0 bridgehead atoms. The minimum Gasteiger partial charge on any atom is -0.396 e. The first-order valence-corrected chi connectivity index (χ1v) is 5.14. The molecule has 15 heavy (non-hydrogen) atoms. The minimum absolute atomic E-state index is 0.0744. The fraction of sp³-hybridized carbons (Fsp3) is 0.500. The van der Waals surface area contributed by atoms with Gasteiger partial charge in [0.25, 0.3) is 5.91 Å². The first-order chi connectivity index (χ1) is 7.29. The van der Waals surface area contributed by atoms with Gasteiger partial charge < -0.3 is 10.6 Å². The van der Waals surface area contributed by atoms with Gasteiger partial charge in [0.15, 0.2) is 5.69 Å². The molecule has 2 rings (SSSR count). The van der Waals surface area contributed by atoms with Crippen LogP contribution in [0.15, 0.2) is 12.5 Å². The molecule has 1 aliphatic heterocycles. The Morgan fingerprint density at radius 3 is 2.73 bits per heavy atom. The number of hydrogen-bond acceptors (Lipinski definition) is 4. The molecule has 5 nitrogen and oxygen atoms in total. The maximum Gasteiger partial charge on any atom is 0.274 e. The number of piperidine rings is 1. The van der Waals surface area contributed by atoms with Crippen molar-refractivity contribution in [2.24, 2.45) is 0 Å². The zero-order valence-electron chi connectivity index (χ0n) is 8.52. The second kappa shape index (κ2) is 4.25. The van der Waals surface area contributed by atoms with Crippen LogP contribution in [0.25, 0.3) is 0 Å². The van der Waals surface area contributed by atoms with E-state index in [4.69, 9.17) is 5.73 Å². The number of nitrogens with zero attached hydrogens (tertiary/aromatic N) is 3. The van der Waals surface area contributed by atoms with Crippen molar-refractivity contribution in [2.75, 3.05) is 18.8 Å². The number of carbonyl (C=O) groups excluding carboxylic acids is 1. The molecule has 1 aromatic heterocycles. The highest BCUT2D eigenvalue weighted by Gasteiger charge is 2.20. The third kappa shape index (κ3) is 2.06. The van der Waals surface area contributed by atoms with E-state index < -0.39 is 0 Å². The van der Waals surface area contributed by atoms with Gasteiger partial charge in [-0.25, -0.2) is 9.97 Å². The molecule has 2 N–H and O–H groups in total. The Kier molecular flexibility index (Phi) is 2.80.